The quantitative estimate of drug-likeness (QED) is 0.148. The first-order chi connectivity index (χ1) is 9.23. The molecule has 0 heterocycles. The third-order valence-electron chi connectivity index (χ3n) is 2.26. The van der Waals surface area contributed by atoms with Crippen LogP contribution >= 0.6 is 0 Å². The summed E-state index contributed by atoms with van der Waals surface area (Å²) >= 11 is 0. The average Bonchev–Trinajstić information content (AvgIpc) is 2.29. The van der Waals surface area contributed by atoms with Gasteiger partial charge in [0.2, 0.25) is 0 Å². The zero-order chi connectivity index (χ0) is 15.7. The van der Waals surface area contributed by atoms with Crippen molar-refractivity contribution in [2.45, 2.75) is 24.9 Å². The summed E-state index contributed by atoms with van der Waals surface area (Å²) in [6.07, 6.45) is -1.24. The first kappa shape index (κ1) is 36.7. The first-order valence-corrected chi connectivity index (χ1v) is 5.60. The first-order valence-electron chi connectivity index (χ1n) is 5.60. The average molecular weight is 384 g/mol. The molecule has 6 N–H and O–H groups in total. The minimum atomic E-state index is -1.34. The Morgan fingerprint density at radius 2 is 0.875 bits per heavy atom. The van der Waals surface area contributed by atoms with Gasteiger partial charge in [0.15, 0.2) is 0 Å². The van der Waals surface area contributed by atoms with Crippen molar-refractivity contribution in [3.05, 3.63) is 0 Å². The van der Waals surface area contributed by atoms with Crippen LogP contribution in [-0.2, 0) is 19.2 Å². The Kier molecular flexibility index (Phi) is 32.3. The van der Waals surface area contributed by atoms with Crippen molar-refractivity contribution < 1.29 is 158 Å². The molecule has 0 aromatic carbocycles. The van der Waals surface area contributed by atoms with E-state index >= 15 is 0 Å². The molecule has 10 nitrogen and oxygen atoms in total. The van der Waals surface area contributed by atoms with Crippen molar-refractivity contribution in [1.82, 2.24) is 10.6 Å². The molecule has 0 aromatic rings. The predicted octanol–water partition coefficient (Wildman–Crippen LogP) is -14.0. The van der Waals surface area contributed by atoms with Crippen LogP contribution < -0.4 is 129 Å². The summed E-state index contributed by atoms with van der Waals surface area (Å²) in [6, 6.07) is -2.59. The molecule has 2 unspecified atom stereocenters. The predicted molar refractivity (Wildman–Crippen MR) is 63.4 cm³/mol. The van der Waals surface area contributed by atoms with E-state index < -0.39 is 48.8 Å². The van der Waals surface area contributed by atoms with E-state index in [4.69, 9.17) is 20.4 Å². The minimum Gasteiger partial charge on any atom is -0.481 e. The van der Waals surface area contributed by atoms with Gasteiger partial charge in [-0.15, -0.1) is 0 Å². The monoisotopic (exact) mass is 384 g/mol. The van der Waals surface area contributed by atoms with Crippen molar-refractivity contribution in [3.63, 3.8) is 0 Å². The Bertz CT molecular complexity index is 363. The number of nitrogens with one attached hydrogen (secondary N) is 2. The van der Waals surface area contributed by atoms with Gasteiger partial charge in [-0.25, -0.2) is 0 Å². The van der Waals surface area contributed by atoms with Crippen LogP contribution in [0, 0.1) is 0 Å². The fourth-order valence-electron chi connectivity index (χ4n) is 1.34. The maximum Gasteiger partial charge on any atom is 1.00 e. The largest absolute Gasteiger partial charge is 1.00 e. The van der Waals surface area contributed by atoms with Crippen molar-refractivity contribution in [3.8, 4) is 0 Å². The van der Waals surface area contributed by atoms with E-state index in [1.165, 1.54) is 0 Å². The van der Waals surface area contributed by atoms with Crippen LogP contribution in [0.3, 0.4) is 0 Å². The molecule has 0 spiro atoms. The van der Waals surface area contributed by atoms with Crippen molar-refractivity contribution >= 4 is 23.9 Å². The van der Waals surface area contributed by atoms with Crippen molar-refractivity contribution in [2.75, 3.05) is 13.1 Å². The summed E-state index contributed by atoms with van der Waals surface area (Å²) in [6.45, 7) is -0.0404. The van der Waals surface area contributed by atoms with Crippen LogP contribution in [0.4, 0.5) is 0 Å². The number of carboxylic acids is 4. The zero-order valence-electron chi connectivity index (χ0n) is 14.4. The summed E-state index contributed by atoms with van der Waals surface area (Å²) < 4.78 is 0. The summed E-state index contributed by atoms with van der Waals surface area (Å²) in [7, 11) is 0. The molecular formula is C10H16N2Na4O8+4. The smallest absolute Gasteiger partial charge is 0.481 e. The molecular weight excluding hydrogens is 368 g/mol. The number of hydrogen-bond acceptors (Lipinski definition) is 6. The van der Waals surface area contributed by atoms with Crippen molar-refractivity contribution in [1.29, 1.82) is 0 Å². The maximum atomic E-state index is 10.7. The molecule has 0 aliphatic rings. The van der Waals surface area contributed by atoms with E-state index in [1.54, 1.807) is 0 Å². The summed E-state index contributed by atoms with van der Waals surface area (Å²) in [5.41, 5.74) is 0. The van der Waals surface area contributed by atoms with Gasteiger partial charge in [0.05, 0.1) is 12.8 Å². The molecule has 0 rings (SSSR count). The molecule has 0 aliphatic heterocycles. The van der Waals surface area contributed by atoms with Gasteiger partial charge in [-0.1, -0.05) is 0 Å². The van der Waals surface area contributed by atoms with Gasteiger partial charge in [-0.05, 0) is 0 Å². The molecule has 0 aliphatic carbocycles. The zero-order valence-corrected chi connectivity index (χ0v) is 22.4. The van der Waals surface area contributed by atoms with Crippen LogP contribution in [0.25, 0.3) is 0 Å². The van der Waals surface area contributed by atoms with Gasteiger partial charge in [-0.3, -0.25) is 19.2 Å². The van der Waals surface area contributed by atoms with E-state index in [1.807, 2.05) is 0 Å². The molecule has 0 amide bonds. The fourth-order valence-corrected chi connectivity index (χ4v) is 1.34. The second-order valence-corrected chi connectivity index (χ2v) is 3.89. The van der Waals surface area contributed by atoms with Gasteiger partial charge < -0.3 is 31.1 Å². The van der Waals surface area contributed by atoms with Gasteiger partial charge >= 0.3 is 142 Å². The molecule has 0 aromatic heterocycles. The van der Waals surface area contributed by atoms with Crippen LogP contribution in [0.2, 0.25) is 0 Å². The normalized spacial score (nSPS) is 11.2. The van der Waals surface area contributed by atoms with E-state index in [-0.39, 0.29) is 131 Å². The van der Waals surface area contributed by atoms with Gasteiger partial charge in [0.25, 0.3) is 0 Å². The number of carbonyl (C=O) groups is 4. The Hall–Kier alpha value is 1.80. The van der Waals surface area contributed by atoms with E-state index in [2.05, 4.69) is 10.6 Å². The number of hydrogen-bond donors (Lipinski definition) is 6. The Balaban J connectivity index is -0.000000301. The molecule has 114 valence electrons. The molecule has 0 bridgehead atoms. The number of rotatable bonds is 11. The molecule has 14 heteroatoms. The topological polar surface area (TPSA) is 173 Å². The van der Waals surface area contributed by atoms with Gasteiger partial charge in [-0.2, -0.15) is 0 Å². The SMILES string of the molecule is O=C(O)CC(NCCNC(CC(=O)O)C(=O)O)C(=O)O.[Na+].[Na+].[Na+].[Na+]. The minimum absolute atomic E-state index is 0. The molecule has 0 fully saturated rings. The summed E-state index contributed by atoms with van der Waals surface area (Å²) in [5, 5.41) is 39.2. The Labute approximate surface area is 227 Å². The van der Waals surface area contributed by atoms with Gasteiger partial charge in [0, 0.05) is 13.1 Å². The molecule has 24 heavy (non-hydrogen) atoms. The maximum absolute atomic E-state index is 10.7. The third-order valence-corrected chi connectivity index (χ3v) is 2.26. The van der Waals surface area contributed by atoms with Crippen LogP contribution in [-0.4, -0.2) is 69.5 Å². The van der Waals surface area contributed by atoms with Crippen molar-refractivity contribution in [2.24, 2.45) is 0 Å². The third kappa shape index (κ3) is 20.1. The number of aliphatic carboxylic acids is 4. The Morgan fingerprint density at radius 3 is 1.04 bits per heavy atom. The van der Waals surface area contributed by atoms with E-state index in [0.29, 0.717) is 0 Å². The van der Waals surface area contributed by atoms with E-state index in [9.17, 15) is 19.2 Å². The van der Waals surface area contributed by atoms with Crippen LogP contribution in [0.15, 0.2) is 0 Å². The fraction of sp³-hybridized carbons (Fsp3) is 0.600. The molecule has 0 saturated heterocycles. The second kappa shape index (κ2) is 21.1. The standard InChI is InChI=1S/C10H16N2O8.4Na/c13-7(14)3-5(9(17)18)11-1-2-12-6(10(19)20)4-8(15)16;;;;/h5-6,11-12H,1-4H2,(H,13,14)(H,15,16)(H,17,18)(H,19,20);;;;/q;4*+1. The summed E-state index contributed by atoms with van der Waals surface area (Å²) in [4.78, 5) is 42.2. The van der Waals surface area contributed by atoms with Crippen LogP contribution in [0.5, 0.6) is 0 Å². The molecule has 0 radical (unpaired) electrons. The van der Waals surface area contributed by atoms with Gasteiger partial charge in [0.1, 0.15) is 12.1 Å². The molecule has 0 saturated carbocycles. The second-order valence-electron chi connectivity index (χ2n) is 3.89. The molecule has 2 atom stereocenters. The Morgan fingerprint density at radius 1 is 0.625 bits per heavy atom. The number of carboxylic acid groups (broad SMARTS) is 4. The summed E-state index contributed by atoms with van der Waals surface area (Å²) in [5.74, 6) is -5.25. The van der Waals surface area contributed by atoms with Crippen LogP contribution in [0.1, 0.15) is 12.8 Å². The van der Waals surface area contributed by atoms with E-state index in [0.717, 1.165) is 0 Å².